The smallest absolute Gasteiger partial charge is 0.321 e. The lowest BCUT2D eigenvalue weighted by atomic mass is 10.3. The number of nitrogens with one attached hydrogen (secondary N) is 1. The molecule has 0 amide bonds. The molecule has 0 aromatic carbocycles. The topological polar surface area (TPSA) is 92.4 Å². The summed E-state index contributed by atoms with van der Waals surface area (Å²) in [5.41, 5.74) is 5.33. The maximum atomic E-state index is 10.8. The summed E-state index contributed by atoms with van der Waals surface area (Å²) in [7, 11) is -0.742. The molecule has 0 rings (SSSR count). The minimum Gasteiger partial charge on any atom is -0.480 e. The van der Waals surface area contributed by atoms with E-state index >= 15 is 0 Å². The molecule has 2 atom stereocenters. The van der Waals surface area contributed by atoms with Crippen molar-refractivity contribution < 1.29 is 14.1 Å². The molecule has 5 nitrogen and oxygen atoms in total. The summed E-state index contributed by atoms with van der Waals surface area (Å²) >= 11 is 6.24. The predicted molar refractivity (Wildman–Crippen MR) is 76.8 cm³/mol. The van der Waals surface area contributed by atoms with E-state index in [1.807, 2.05) is 0 Å². The van der Waals surface area contributed by atoms with Crippen molar-refractivity contribution in [3.8, 4) is 0 Å². The fourth-order valence-corrected chi connectivity index (χ4v) is 2.50. The quantitative estimate of drug-likeness (QED) is 0.434. The van der Waals surface area contributed by atoms with Gasteiger partial charge in [-0.25, -0.2) is 0 Å². The molecule has 0 heterocycles. The number of carboxylic acids is 1. The Kier molecular flexibility index (Phi) is 9.71. The first-order valence-electron chi connectivity index (χ1n) is 5.12. The van der Waals surface area contributed by atoms with Gasteiger partial charge in [-0.1, -0.05) is 24.0 Å². The molecule has 8 heteroatoms. The van der Waals surface area contributed by atoms with Gasteiger partial charge in [0.05, 0.1) is 0 Å². The average Bonchev–Trinajstić information content (AvgIpc) is 2.24. The van der Waals surface area contributed by atoms with E-state index in [4.69, 9.17) is 23.1 Å². The Morgan fingerprint density at radius 3 is 2.76 bits per heavy atom. The first-order valence-corrected chi connectivity index (χ1v) is 8.24. The van der Waals surface area contributed by atoms with Crippen molar-refractivity contribution in [2.75, 3.05) is 24.3 Å². The third kappa shape index (κ3) is 10.7. The van der Waals surface area contributed by atoms with Crippen molar-refractivity contribution in [3.05, 3.63) is 0 Å². The van der Waals surface area contributed by atoms with Gasteiger partial charge in [0.15, 0.2) is 0 Å². The molecule has 0 aliphatic rings. The molecule has 0 radical (unpaired) electrons. The van der Waals surface area contributed by atoms with Crippen LogP contribution in [-0.2, 0) is 15.6 Å². The van der Waals surface area contributed by atoms with E-state index in [1.54, 1.807) is 6.26 Å². The molecule has 1 unspecified atom stereocenters. The summed E-state index contributed by atoms with van der Waals surface area (Å²) in [4.78, 5) is 10.4. The summed E-state index contributed by atoms with van der Waals surface area (Å²) < 4.78 is 11.3. The molecule has 0 aromatic rings. The molecule has 0 spiro atoms. The number of carboxylic acid groups (broad SMARTS) is 1. The number of hydrogen-bond donors (Lipinski definition) is 3. The van der Waals surface area contributed by atoms with E-state index in [9.17, 15) is 9.00 Å². The molecule has 100 valence electrons. The van der Waals surface area contributed by atoms with Gasteiger partial charge in [-0.05, 0) is 12.8 Å². The molecular formula is C9H18N2O3S3. The van der Waals surface area contributed by atoms with Crippen LogP contribution in [0, 0.1) is 0 Å². The lowest BCUT2D eigenvalue weighted by Gasteiger charge is -2.09. The van der Waals surface area contributed by atoms with Gasteiger partial charge in [-0.15, -0.1) is 0 Å². The van der Waals surface area contributed by atoms with E-state index in [0.29, 0.717) is 16.6 Å². The molecule has 17 heavy (non-hydrogen) atoms. The molecule has 0 aliphatic carbocycles. The van der Waals surface area contributed by atoms with Crippen molar-refractivity contribution in [1.29, 1.82) is 0 Å². The van der Waals surface area contributed by atoms with Crippen LogP contribution in [0.15, 0.2) is 0 Å². The Labute approximate surface area is 113 Å². The second-order valence-corrected chi connectivity index (χ2v) is 6.71. The van der Waals surface area contributed by atoms with Gasteiger partial charge < -0.3 is 16.2 Å². The highest BCUT2D eigenvalue weighted by Gasteiger charge is 2.12. The maximum absolute atomic E-state index is 10.8. The zero-order valence-electron chi connectivity index (χ0n) is 9.68. The van der Waals surface area contributed by atoms with Crippen molar-refractivity contribution in [3.63, 3.8) is 0 Å². The van der Waals surface area contributed by atoms with Crippen molar-refractivity contribution >= 4 is 45.1 Å². The van der Waals surface area contributed by atoms with Crippen LogP contribution in [0.5, 0.6) is 0 Å². The normalized spacial score (nSPS) is 14.0. The van der Waals surface area contributed by atoms with Crippen LogP contribution in [0.2, 0.25) is 0 Å². The summed E-state index contributed by atoms with van der Waals surface area (Å²) in [5, 5.41) is 11.6. The number of rotatable bonds is 8. The molecule has 0 saturated heterocycles. The van der Waals surface area contributed by atoms with Crippen LogP contribution in [-0.4, -0.2) is 50.0 Å². The van der Waals surface area contributed by atoms with Crippen LogP contribution in [0.25, 0.3) is 0 Å². The standard InChI is InChI=1S/C9H18N2O3S3/c1-17(14)5-3-2-4-11-9(15)16-6-7(10)8(12)13/h7H,2-6,10H2,1H3,(H,11,15)(H,12,13)/t7-,17?/m0/s1. The van der Waals surface area contributed by atoms with E-state index in [-0.39, 0.29) is 5.75 Å². The van der Waals surface area contributed by atoms with Gasteiger partial charge in [0, 0.05) is 35.1 Å². The second kappa shape index (κ2) is 9.81. The van der Waals surface area contributed by atoms with E-state index < -0.39 is 22.8 Å². The van der Waals surface area contributed by atoms with Gasteiger partial charge in [0.1, 0.15) is 10.4 Å². The highest BCUT2D eigenvalue weighted by molar-refractivity contribution is 8.23. The number of unbranched alkanes of at least 4 members (excludes halogenated alkanes) is 1. The number of hydrogen-bond acceptors (Lipinski definition) is 5. The zero-order valence-corrected chi connectivity index (χ0v) is 12.1. The highest BCUT2D eigenvalue weighted by Crippen LogP contribution is 2.04. The monoisotopic (exact) mass is 298 g/mol. The number of nitrogens with two attached hydrogens (primary N) is 1. The maximum Gasteiger partial charge on any atom is 0.321 e. The Bertz CT molecular complexity index is 287. The molecular weight excluding hydrogens is 280 g/mol. The number of carbonyl (C=O) groups is 1. The van der Waals surface area contributed by atoms with Gasteiger partial charge in [0.25, 0.3) is 0 Å². The number of thiocarbonyl (C=S) groups is 1. The number of thioether (sulfide) groups is 1. The minimum atomic E-state index is -1.02. The zero-order chi connectivity index (χ0) is 13.3. The van der Waals surface area contributed by atoms with Crippen molar-refractivity contribution in [2.45, 2.75) is 18.9 Å². The first kappa shape index (κ1) is 16.8. The third-order valence-electron chi connectivity index (χ3n) is 1.84. The Balaban J connectivity index is 3.47. The van der Waals surface area contributed by atoms with Gasteiger partial charge in [0.2, 0.25) is 0 Å². The Morgan fingerprint density at radius 2 is 2.24 bits per heavy atom. The lowest BCUT2D eigenvalue weighted by molar-refractivity contribution is -0.137. The Hall–Kier alpha value is -0.180. The molecule has 0 saturated carbocycles. The summed E-state index contributed by atoms with van der Waals surface area (Å²) in [6.45, 7) is 0.714. The molecule has 4 N–H and O–H groups in total. The minimum absolute atomic E-state index is 0.264. The van der Waals surface area contributed by atoms with Gasteiger partial charge in [-0.2, -0.15) is 0 Å². The molecule has 0 aliphatic heterocycles. The predicted octanol–water partition coefficient (Wildman–Crippen LogP) is 0.165. The molecule has 0 aromatic heterocycles. The summed E-state index contributed by atoms with van der Waals surface area (Å²) in [6, 6.07) is -0.887. The fourth-order valence-electron chi connectivity index (χ4n) is 0.909. The third-order valence-corrected chi connectivity index (χ3v) is 4.13. The fraction of sp³-hybridized carbons (Fsp3) is 0.778. The van der Waals surface area contributed by atoms with Crippen LogP contribution in [0.4, 0.5) is 0 Å². The van der Waals surface area contributed by atoms with Crippen LogP contribution in [0.1, 0.15) is 12.8 Å². The van der Waals surface area contributed by atoms with E-state index in [0.717, 1.165) is 12.8 Å². The van der Waals surface area contributed by atoms with Crippen LogP contribution in [0.3, 0.4) is 0 Å². The summed E-state index contributed by atoms with van der Waals surface area (Å²) in [6.07, 6.45) is 3.46. The van der Waals surface area contributed by atoms with E-state index in [2.05, 4.69) is 5.32 Å². The first-order chi connectivity index (χ1) is 7.93. The largest absolute Gasteiger partial charge is 0.480 e. The average molecular weight is 298 g/mol. The van der Waals surface area contributed by atoms with Crippen molar-refractivity contribution in [1.82, 2.24) is 5.32 Å². The van der Waals surface area contributed by atoms with Crippen LogP contribution < -0.4 is 11.1 Å². The van der Waals surface area contributed by atoms with Gasteiger partial charge >= 0.3 is 5.97 Å². The summed E-state index contributed by atoms with van der Waals surface area (Å²) in [5.74, 6) is -0.0586. The van der Waals surface area contributed by atoms with Gasteiger partial charge in [-0.3, -0.25) is 9.00 Å². The highest BCUT2D eigenvalue weighted by atomic mass is 32.2. The van der Waals surface area contributed by atoms with E-state index in [1.165, 1.54) is 11.8 Å². The van der Waals surface area contributed by atoms with Crippen LogP contribution >= 0.6 is 24.0 Å². The Morgan fingerprint density at radius 1 is 1.59 bits per heavy atom. The molecule has 0 bridgehead atoms. The molecule has 0 fully saturated rings. The SMILES string of the molecule is CS(=O)CCCCNC(=S)SC[C@H](N)C(=O)O. The second-order valence-electron chi connectivity index (χ2n) is 3.45. The van der Waals surface area contributed by atoms with Crippen molar-refractivity contribution in [2.24, 2.45) is 5.73 Å². The number of aliphatic carboxylic acids is 1. The lowest BCUT2D eigenvalue weighted by Crippen LogP contribution is -2.34.